The monoisotopic (exact) mass is 509 g/mol. The number of aliphatic hydroxyl groups is 1. The van der Waals surface area contributed by atoms with E-state index in [1.165, 1.54) is 24.3 Å². The summed E-state index contributed by atoms with van der Waals surface area (Å²) in [6.07, 6.45) is -1.51. The number of sulfonamides is 1. The van der Waals surface area contributed by atoms with Crippen molar-refractivity contribution in [1.29, 1.82) is 0 Å². The maximum atomic E-state index is 13.2. The number of benzene rings is 2. The van der Waals surface area contributed by atoms with E-state index in [0.717, 1.165) is 12.1 Å². The molecular formula is C20H19N3O11S. The molecule has 2 aliphatic rings. The molecule has 2 atom stereocenters. The fourth-order valence-corrected chi connectivity index (χ4v) is 5.74. The van der Waals surface area contributed by atoms with Crippen LogP contribution in [0.15, 0.2) is 41.3 Å². The lowest BCUT2D eigenvalue weighted by atomic mass is 10.1. The number of carbonyl (C=O) groups excluding carboxylic acids is 1. The fraction of sp³-hybridized carbons (Fsp3) is 0.350. The first kappa shape index (κ1) is 24.5. The number of β-amino-alcohol motifs (C(OH)–C–C–N with tert-alkyl or cyclic N) is 1. The molecule has 15 heteroatoms. The molecule has 0 aromatic heterocycles. The number of nitro groups is 2. The highest BCUT2D eigenvalue weighted by atomic mass is 32.2. The molecule has 14 nitrogen and oxygen atoms in total. The first-order valence-corrected chi connectivity index (χ1v) is 11.6. The van der Waals surface area contributed by atoms with Crippen LogP contribution in [0.5, 0.6) is 5.75 Å². The van der Waals surface area contributed by atoms with Crippen molar-refractivity contribution < 1.29 is 42.4 Å². The van der Waals surface area contributed by atoms with Crippen molar-refractivity contribution in [3.63, 3.8) is 0 Å². The van der Waals surface area contributed by atoms with Gasteiger partial charge in [0.05, 0.1) is 22.6 Å². The summed E-state index contributed by atoms with van der Waals surface area (Å²) < 4.78 is 42.8. The van der Waals surface area contributed by atoms with Gasteiger partial charge in [-0.2, -0.15) is 4.31 Å². The number of hydrogen-bond donors (Lipinski definition) is 1. The summed E-state index contributed by atoms with van der Waals surface area (Å²) in [4.78, 5) is 33.4. The molecule has 1 saturated heterocycles. The fourth-order valence-electron chi connectivity index (χ4n) is 3.96. The first-order chi connectivity index (χ1) is 16.6. The van der Waals surface area contributed by atoms with E-state index in [9.17, 15) is 38.5 Å². The first-order valence-electron chi connectivity index (χ1n) is 10.2. The van der Waals surface area contributed by atoms with Gasteiger partial charge in [-0.1, -0.05) is 12.1 Å². The number of ether oxygens (including phenoxy) is 3. The van der Waals surface area contributed by atoms with E-state index in [4.69, 9.17) is 14.2 Å². The van der Waals surface area contributed by atoms with Crippen LogP contribution >= 0.6 is 0 Å². The van der Waals surface area contributed by atoms with Crippen molar-refractivity contribution in [2.45, 2.75) is 36.7 Å². The Morgan fingerprint density at radius 3 is 2.66 bits per heavy atom. The van der Waals surface area contributed by atoms with Crippen LogP contribution in [0.4, 0.5) is 11.4 Å². The lowest BCUT2D eigenvalue weighted by Gasteiger charge is -2.23. The summed E-state index contributed by atoms with van der Waals surface area (Å²) >= 11 is 0. The molecule has 4 rings (SSSR count). The third-order valence-corrected chi connectivity index (χ3v) is 7.43. The Morgan fingerprint density at radius 1 is 1.20 bits per heavy atom. The van der Waals surface area contributed by atoms with E-state index in [0.29, 0.717) is 9.87 Å². The highest BCUT2D eigenvalue weighted by molar-refractivity contribution is 7.89. The quantitative estimate of drug-likeness (QED) is 0.321. The number of rotatable bonds is 7. The number of nitrogens with zero attached hydrogens (tertiary/aromatic N) is 3. The number of fused-ring (bicyclic) bond motifs is 1. The van der Waals surface area contributed by atoms with Gasteiger partial charge in [0.1, 0.15) is 18.4 Å². The minimum atomic E-state index is -4.56. The van der Waals surface area contributed by atoms with E-state index in [2.05, 4.69) is 0 Å². The van der Waals surface area contributed by atoms with E-state index in [1.807, 2.05) is 0 Å². The largest absolute Gasteiger partial charge is 0.467 e. The Kier molecular flexibility index (Phi) is 6.66. The molecule has 0 aliphatic carbocycles. The molecule has 0 amide bonds. The Bertz CT molecular complexity index is 1300. The Morgan fingerprint density at radius 2 is 1.94 bits per heavy atom. The normalized spacial score (nSPS) is 20.0. The lowest BCUT2D eigenvalue weighted by Crippen LogP contribution is -2.41. The second kappa shape index (κ2) is 9.53. The highest BCUT2D eigenvalue weighted by Gasteiger charge is 2.46. The summed E-state index contributed by atoms with van der Waals surface area (Å²) in [7, 11) is -4.56. The summed E-state index contributed by atoms with van der Waals surface area (Å²) in [6.45, 7) is -1.01. The van der Waals surface area contributed by atoms with Crippen LogP contribution in [0.1, 0.15) is 17.5 Å². The predicted octanol–water partition coefficient (Wildman–Crippen LogP) is 1.24. The van der Waals surface area contributed by atoms with Crippen LogP contribution < -0.4 is 4.74 Å². The number of nitro benzene ring substituents is 2. The zero-order chi connectivity index (χ0) is 25.3. The summed E-state index contributed by atoms with van der Waals surface area (Å²) in [6, 6.07) is 5.63. The highest BCUT2D eigenvalue weighted by Crippen LogP contribution is 2.35. The molecule has 0 radical (unpaired) electrons. The number of para-hydroxylation sites is 1. The van der Waals surface area contributed by atoms with E-state index in [1.54, 1.807) is 0 Å². The van der Waals surface area contributed by atoms with Gasteiger partial charge in [0.25, 0.3) is 21.4 Å². The van der Waals surface area contributed by atoms with E-state index in [-0.39, 0.29) is 36.8 Å². The maximum absolute atomic E-state index is 13.2. The van der Waals surface area contributed by atoms with Crippen molar-refractivity contribution >= 4 is 27.4 Å². The summed E-state index contributed by atoms with van der Waals surface area (Å²) in [5.74, 6) is -0.776. The smallest absolute Gasteiger partial charge is 0.324 e. The zero-order valence-corrected chi connectivity index (χ0v) is 18.8. The average Bonchev–Trinajstić information content (AvgIpc) is 3.24. The second-order valence-corrected chi connectivity index (χ2v) is 9.63. The van der Waals surface area contributed by atoms with E-state index >= 15 is 0 Å². The average molecular weight is 509 g/mol. The van der Waals surface area contributed by atoms with Gasteiger partial charge in [-0.25, -0.2) is 8.42 Å². The Hall–Kier alpha value is -3.66. The minimum Gasteiger partial charge on any atom is -0.467 e. The summed E-state index contributed by atoms with van der Waals surface area (Å²) in [5, 5.41) is 32.7. The molecule has 2 heterocycles. The molecular weight excluding hydrogens is 490 g/mol. The number of hydrogen-bond acceptors (Lipinski definition) is 11. The standard InChI is InChI=1S/C20H19N3O11S/c24-15-7-17(21(8-15)35(30,31)18-4-2-1-3-16(18)23(28)29)20(25)33-10-13-6-14(22(26)27)5-12-9-32-11-34-19(12)13/h1-6,15,17,24H,7-11H2/t15-,17+/m0/s1. The number of esters is 1. The van der Waals surface area contributed by atoms with Crippen LogP contribution in [0.3, 0.4) is 0 Å². The number of non-ortho nitro benzene ring substituents is 1. The third kappa shape index (κ3) is 4.79. The Balaban J connectivity index is 1.59. The molecule has 1 N–H and O–H groups in total. The van der Waals surface area contributed by atoms with Crippen LogP contribution in [0.25, 0.3) is 0 Å². The van der Waals surface area contributed by atoms with Crippen LogP contribution in [-0.4, -0.2) is 59.1 Å². The van der Waals surface area contributed by atoms with Crippen molar-refractivity contribution in [3.8, 4) is 5.75 Å². The van der Waals surface area contributed by atoms with Crippen LogP contribution in [0.2, 0.25) is 0 Å². The van der Waals surface area contributed by atoms with Gasteiger partial charge in [-0.3, -0.25) is 25.0 Å². The molecule has 0 saturated carbocycles. The van der Waals surface area contributed by atoms with Crippen molar-refractivity contribution in [1.82, 2.24) is 4.31 Å². The zero-order valence-electron chi connectivity index (χ0n) is 17.9. The molecule has 0 spiro atoms. The van der Waals surface area contributed by atoms with Gasteiger partial charge in [0.15, 0.2) is 11.7 Å². The summed E-state index contributed by atoms with van der Waals surface area (Å²) in [5.41, 5.74) is -0.393. The van der Waals surface area contributed by atoms with Gasteiger partial charge < -0.3 is 19.3 Å². The van der Waals surface area contributed by atoms with Crippen molar-refractivity contribution in [2.75, 3.05) is 13.3 Å². The SMILES string of the molecule is O=C(OCc1cc([N+](=O)[O-])cc2c1OCOC2)[C@H]1C[C@H](O)CN1S(=O)(=O)c1ccccc1[N+](=O)[O-]. The molecule has 186 valence electrons. The molecule has 1 fully saturated rings. The van der Waals surface area contributed by atoms with Gasteiger partial charge >= 0.3 is 5.97 Å². The van der Waals surface area contributed by atoms with Crippen LogP contribution in [-0.2, 0) is 37.5 Å². The topological polar surface area (TPSA) is 189 Å². The molecule has 0 bridgehead atoms. The van der Waals surface area contributed by atoms with Gasteiger partial charge in [-0.05, 0) is 6.07 Å². The van der Waals surface area contributed by atoms with Gasteiger partial charge in [-0.15, -0.1) is 0 Å². The maximum Gasteiger partial charge on any atom is 0.324 e. The lowest BCUT2D eigenvalue weighted by molar-refractivity contribution is -0.387. The molecule has 2 aromatic rings. The van der Waals surface area contributed by atoms with Gasteiger partial charge in [0.2, 0.25) is 0 Å². The third-order valence-electron chi connectivity index (χ3n) is 5.51. The second-order valence-electron chi connectivity index (χ2n) is 7.77. The van der Waals surface area contributed by atoms with Gasteiger partial charge in [0, 0.05) is 42.3 Å². The van der Waals surface area contributed by atoms with E-state index < -0.39 is 61.7 Å². The molecule has 35 heavy (non-hydrogen) atoms. The Labute approximate surface area is 198 Å². The number of carbonyl (C=O) groups is 1. The van der Waals surface area contributed by atoms with Crippen molar-refractivity contribution in [2.24, 2.45) is 0 Å². The molecule has 0 unspecified atom stereocenters. The number of aliphatic hydroxyl groups excluding tert-OH is 1. The van der Waals surface area contributed by atoms with Crippen LogP contribution in [0, 0.1) is 20.2 Å². The molecule has 2 aliphatic heterocycles. The molecule has 2 aromatic carbocycles. The minimum absolute atomic E-state index is 0.0503. The van der Waals surface area contributed by atoms with Crippen molar-refractivity contribution in [3.05, 3.63) is 67.8 Å². The predicted molar refractivity (Wildman–Crippen MR) is 115 cm³/mol.